The largest absolute Gasteiger partial charge is 0.504 e. The van der Waals surface area contributed by atoms with E-state index in [0.717, 1.165) is 18.8 Å². The van der Waals surface area contributed by atoms with Crippen LogP contribution in [0.2, 0.25) is 0 Å². The van der Waals surface area contributed by atoms with Crippen LogP contribution in [0.3, 0.4) is 0 Å². The number of benzene rings is 2. The van der Waals surface area contributed by atoms with E-state index in [0.29, 0.717) is 16.9 Å². The van der Waals surface area contributed by atoms with Crippen LogP contribution in [0, 0.1) is 0 Å². The number of carbonyl (C=O) groups is 1. The lowest BCUT2D eigenvalue weighted by Crippen LogP contribution is -2.19. The Morgan fingerprint density at radius 1 is 1.20 bits per heavy atom. The van der Waals surface area contributed by atoms with Gasteiger partial charge in [0.15, 0.2) is 11.5 Å². The van der Waals surface area contributed by atoms with Crippen LogP contribution in [0.4, 0.5) is 5.69 Å². The number of aromatic hydroxyl groups is 1. The third-order valence-electron chi connectivity index (χ3n) is 4.18. The average Bonchev–Trinajstić information content (AvgIpc) is 3.18. The van der Waals surface area contributed by atoms with E-state index in [1.807, 2.05) is 24.3 Å². The minimum atomic E-state index is -0.269. The van der Waals surface area contributed by atoms with Gasteiger partial charge in [-0.2, -0.15) is 5.10 Å². The van der Waals surface area contributed by atoms with Crippen molar-refractivity contribution in [1.29, 1.82) is 0 Å². The highest BCUT2D eigenvalue weighted by atomic mass is 16.5. The molecule has 6 heteroatoms. The number of anilines is 1. The molecule has 130 valence electrons. The molecular formula is C19H21N3O3. The number of phenolic OH excluding ortho intramolecular Hbond substituents is 1. The molecule has 0 aromatic heterocycles. The van der Waals surface area contributed by atoms with Gasteiger partial charge in [0.25, 0.3) is 5.91 Å². The molecule has 25 heavy (non-hydrogen) atoms. The van der Waals surface area contributed by atoms with Crippen LogP contribution >= 0.6 is 0 Å². The summed E-state index contributed by atoms with van der Waals surface area (Å²) in [4.78, 5) is 14.5. The number of amides is 1. The maximum absolute atomic E-state index is 12.1. The summed E-state index contributed by atoms with van der Waals surface area (Å²) in [6.07, 6.45) is 3.94. The Kier molecular flexibility index (Phi) is 5.18. The quantitative estimate of drug-likeness (QED) is 0.649. The van der Waals surface area contributed by atoms with Gasteiger partial charge in [0.1, 0.15) is 0 Å². The number of hydrogen-bond acceptors (Lipinski definition) is 5. The van der Waals surface area contributed by atoms with E-state index in [9.17, 15) is 9.90 Å². The number of hydrogen-bond donors (Lipinski definition) is 2. The van der Waals surface area contributed by atoms with Crippen molar-refractivity contribution in [2.75, 3.05) is 25.1 Å². The van der Waals surface area contributed by atoms with Crippen LogP contribution < -0.4 is 15.1 Å². The summed E-state index contributed by atoms with van der Waals surface area (Å²) in [6.45, 7) is 2.15. The maximum atomic E-state index is 12.1. The Balaban J connectivity index is 1.60. The molecule has 2 aromatic carbocycles. The molecule has 3 rings (SSSR count). The number of nitrogens with zero attached hydrogens (tertiary/aromatic N) is 2. The van der Waals surface area contributed by atoms with Crippen LogP contribution in [0.1, 0.15) is 28.8 Å². The minimum absolute atomic E-state index is 0.0572. The van der Waals surface area contributed by atoms with Gasteiger partial charge in [0.05, 0.1) is 13.3 Å². The zero-order chi connectivity index (χ0) is 17.6. The standard InChI is InChI=1S/C19H21N3O3/c1-25-18-12-14(4-9-17(18)23)13-20-21-19(24)15-5-7-16(8-6-15)22-10-2-3-11-22/h4-9,12-13,23H,2-3,10-11H2,1H3,(H,21,24)/b20-13-. The smallest absolute Gasteiger partial charge is 0.271 e. The number of phenols is 1. The van der Waals surface area contributed by atoms with Gasteiger partial charge in [-0.05, 0) is 60.9 Å². The first-order chi connectivity index (χ1) is 12.2. The second-order valence-corrected chi connectivity index (χ2v) is 5.87. The SMILES string of the molecule is COc1cc(/C=N\NC(=O)c2ccc(N3CCCC3)cc2)ccc1O. The zero-order valence-electron chi connectivity index (χ0n) is 14.1. The molecule has 2 N–H and O–H groups in total. The molecule has 1 amide bonds. The average molecular weight is 339 g/mol. The normalized spacial score (nSPS) is 14.0. The summed E-state index contributed by atoms with van der Waals surface area (Å²) in [6, 6.07) is 12.4. The van der Waals surface area contributed by atoms with E-state index in [-0.39, 0.29) is 11.7 Å². The van der Waals surface area contributed by atoms with Crippen LogP contribution in [-0.2, 0) is 0 Å². The predicted molar refractivity (Wildman–Crippen MR) is 97.6 cm³/mol. The Morgan fingerprint density at radius 3 is 2.60 bits per heavy atom. The molecule has 0 bridgehead atoms. The highest BCUT2D eigenvalue weighted by Crippen LogP contribution is 2.25. The van der Waals surface area contributed by atoms with E-state index in [1.54, 1.807) is 12.1 Å². The molecule has 0 spiro atoms. The predicted octanol–water partition coefficient (Wildman–Crippen LogP) is 2.76. The molecule has 1 aliphatic heterocycles. The molecule has 1 heterocycles. The summed E-state index contributed by atoms with van der Waals surface area (Å²) in [7, 11) is 1.48. The minimum Gasteiger partial charge on any atom is -0.504 e. The van der Waals surface area contributed by atoms with Gasteiger partial charge in [-0.25, -0.2) is 5.43 Å². The second-order valence-electron chi connectivity index (χ2n) is 5.87. The molecule has 1 saturated heterocycles. The van der Waals surface area contributed by atoms with Gasteiger partial charge in [-0.1, -0.05) is 0 Å². The van der Waals surface area contributed by atoms with Crippen LogP contribution in [0.5, 0.6) is 11.5 Å². The van der Waals surface area contributed by atoms with Crippen molar-refractivity contribution in [2.45, 2.75) is 12.8 Å². The van der Waals surface area contributed by atoms with Crippen LogP contribution in [0.15, 0.2) is 47.6 Å². The molecule has 6 nitrogen and oxygen atoms in total. The summed E-state index contributed by atoms with van der Waals surface area (Å²) in [5, 5.41) is 13.5. The van der Waals surface area contributed by atoms with E-state index in [2.05, 4.69) is 15.4 Å². The second kappa shape index (κ2) is 7.70. The van der Waals surface area contributed by atoms with Crippen molar-refractivity contribution in [1.82, 2.24) is 5.43 Å². The lowest BCUT2D eigenvalue weighted by atomic mass is 10.2. The first kappa shape index (κ1) is 16.8. The molecule has 0 saturated carbocycles. The Bertz CT molecular complexity index is 766. The Labute approximate surface area is 146 Å². The number of hydrazone groups is 1. The van der Waals surface area contributed by atoms with Gasteiger partial charge in [-0.15, -0.1) is 0 Å². The lowest BCUT2D eigenvalue weighted by molar-refractivity contribution is 0.0955. The number of methoxy groups -OCH3 is 1. The van der Waals surface area contributed by atoms with E-state index < -0.39 is 0 Å². The first-order valence-corrected chi connectivity index (χ1v) is 8.23. The third kappa shape index (κ3) is 4.09. The maximum Gasteiger partial charge on any atom is 0.271 e. The third-order valence-corrected chi connectivity index (χ3v) is 4.18. The van der Waals surface area contributed by atoms with E-state index >= 15 is 0 Å². The number of rotatable bonds is 5. The molecule has 0 radical (unpaired) electrons. The monoisotopic (exact) mass is 339 g/mol. The molecule has 1 fully saturated rings. The topological polar surface area (TPSA) is 74.2 Å². The lowest BCUT2D eigenvalue weighted by Gasteiger charge is -2.17. The fraction of sp³-hybridized carbons (Fsp3) is 0.263. The zero-order valence-corrected chi connectivity index (χ0v) is 14.1. The highest BCUT2D eigenvalue weighted by molar-refractivity contribution is 5.95. The van der Waals surface area contributed by atoms with Gasteiger partial charge < -0.3 is 14.7 Å². The van der Waals surface area contributed by atoms with Crippen molar-refractivity contribution in [3.05, 3.63) is 53.6 Å². The van der Waals surface area contributed by atoms with Crippen LogP contribution in [-0.4, -0.2) is 37.4 Å². The molecule has 2 aromatic rings. The van der Waals surface area contributed by atoms with Gasteiger partial charge >= 0.3 is 0 Å². The van der Waals surface area contributed by atoms with Gasteiger partial charge in [0.2, 0.25) is 0 Å². The van der Waals surface area contributed by atoms with Crippen molar-refractivity contribution in [2.24, 2.45) is 5.10 Å². The summed E-state index contributed by atoms with van der Waals surface area (Å²) in [5.41, 5.74) is 4.92. The van der Waals surface area contributed by atoms with Crippen LogP contribution in [0.25, 0.3) is 0 Å². The summed E-state index contributed by atoms with van der Waals surface area (Å²) >= 11 is 0. The first-order valence-electron chi connectivity index (χ1n) is 8.23. The Morgan fingerprint density at radius 2 is 1.92 bits per heavy atom. The van der Waals surface area contributed by atoms with E-state index in [4.69, 9.17) is 4.74 Å². The molecule has 0 unspecified atom stereocenters. The number of carbonyl (C=O) groups excluding carboxylic acids is 1. The van der Waals surface area contributed by atoms with Gasteiger partial charge in [0, 0.05) is 24.3 Å². The summed E-state index contributed by atoms with van der Waals surface area (Å²) in [5.74, 6) is 0.143. The molecule has 1 aliphatic rings. The summed E-state index contributed by atoms with van der Waals surface area (Å²) < 4.78 is 5.03. The fourth-order valence-corrected chi connectivity index (χ4v) is 2.80. The van der Waals surface area contributed by atoms with Crippen molar-refractivity contribution in [3.63, 3.8) is 0 Å². The highest BCUT2D eigenvalue weighted by Gasteiger charge is 2.12. The van der Waals surface area contributed by atoms with E-state index in [1.165, 1.54) is 32.2 Å². The van der Waals surface area contributed by atoms with Gasteiger partial charge in [-0.3, -0.25) is 4.79 Å². The van der Waals surface area contributed by atoms with Crippen molar-refractivity contribution >= 4 is 17.8 Å². The molecule has 0 aliphatic carbocycles. The Hall–Kier alpha value is -3.02. The number of nitrogens with one attached hydrogen (secondary N) is 1. The molecule has 0 atom stereocenters. The fourth-order valence-electron chi connectivity index (χ4n) is 2.80. The number of ether oxygens (including phenoxy) is 1. The molecular weight excluding hydrogens is 318 g/mol. The van der Waals surface area contributed by atoms with Crippen molar-refractivity contribution < 1.29 is 14.6 Å². The van der Waals surface area contributed by atoms with Crippen molar-refractivity contribution in [3.8, 4) is 11.5 Å².